The van der Waals surface area contributed by atoms with E-state index in [2.05, 4.69) is 62.4 Å². The molecule has 2 nitrogen and oxygen atoms in total. The minimum absolute atomic E-state index is 0.372. The lowest BCUT2D eigenvalue weighted by Gasteiger charge is -2.38. The molecule has 0 heterocycles. The average Bonchev–Trinajstić information content (AvgIpc) is 2.99. The topological polar surface area (TPSA) is 15.3 Å². The molecule has 1 fully saturated rings. The first kappa shape index (κ1) is 16.5. The molecular weight excluding hydrogens is 256 g/mol. The largest absolute Gasteiger partial charge is 0.308 e. The van der Waals surface area contributed by atoms with E-state index in [1.54, 1.807) is 0 Å². The van der Waals surface area contributed by atoms with Crippen molar-refractivity contribution in [1.82, 2.24) is 10.2 Å². The Hall–Kier alpha value is -0.860. The molecule has 1 aliphatic rings. The Balaban J connectivity index is 2.01. The second-order valence-corrected chi connectivity index (χ2v) is 6.76. The van der Waals surface area contributed by atoms with Gasteiger partial charge in [0.15, 0.2) is 0 Å². The Labute approximate surface area is 130 Å². The summed E-state index contributed by atoms with van der Waals surface area (Å²) >= 11 is 0. The second-order valence-electron chi connectivity index (χ2n) is 6.76. The van der Waals surface area contributed by atoms with Gasteiger partial charge in [-0.2, -0.15) is 0 Å². The van der Waals surface area contributed by atoms with E-state index >= 15 is 0 Å². The molecule has 2 heteroatoms. The third-order valence-electron chi connectivity index (χ3n) is 5.36. The highest BCUT2D eigenvalue weighted by atomic mass is 15.2. The maximum atomic E-state index is 3.85. The van der Waals surface area contributed by atoms with Crippen molar-refractivity contribution in [3.05, 3.63) is 35.4 Å². The van der Waals surface area contributed by atoms with Gasteiger partial charge in [0.05, 0.1) is 0 Å². The predicted molar refractivity (Wildman–Crippen MR) is 91.7 cm³/mol. The molecule has 0 saturated heterocycles. The molecule has 1 saturated carbocycles. The normalized spacial score (nSPS) is 19.1. The van der Waals surface area contributed by atoms with E-state index in [0.717, 1.165) is 19.4 Å². The Morgan fingerprint density at radius 2 is 1.71 bits per heavy atom. The van der Waals surface area contributed by atoms with Crippen LogP contribution in [0.2, 0.25) is 0 Å². The first-order valence-electron chi connectivity index (χ1n) is 8.61. The maximum Gasteiger partial charge on any atom is 0.0328 e. The molecule has 0 bridgehead atoms. The van der Waals surface area contributed by atoms with Crippen LogP contribution >= 0.6 is 0 Å². The molecule has 0 aromatic heterocycles. The summed E-state index contributed by atoms with van der Waals surface area (Å²) in [7, 11) is 4.48. The van der Waals surface area contributed by atoms with Gasteiger partial charge < -0.3 is 10.2 Å². The van der Waals surface area contributed by atoms with E-state index in [-0.39, 0.29) is 0 Å². The van der Waals surface area contributed by atoms with Crippen LogP contribution in [0, 0.1) is 0 Å². The number of rotatable bonds is 7. The maximum absolute atomic E-state index is 3.85. The highest BCUT2D eigenvalue weighted by molar-refractivity contribution is 5.25. The van der Waals surface area contributed by atoms with Crippen LogP contribution in [-0.4, -0.2) is 31.1 Å². The molecule has 0 aliphatic heterocycles. The molecular formula is C19H32N2. The van der Waals surface area contributed by atoms with Crippen molar-refractivity contribution in [1.29, 1.82) is 0 Å². The zero-order valence-electron chi connectivity index (χ0n) is 14.3. The number of nitrogens with zero attached hydrogens (tertiary/aromatic N) is 1. The van der Waals surface area contributed by atoms with Crippen LogP contribution in [0.15, 0.2) is 24.3 Å². The fourth-order valence-corrected chi connectivity index (χ4v) is 3.61. The van der Waals surface area contributed by atoms with Gasteiger partial charge in [-0.3, -0.25) is 0 Å². The number of benzene rings is 1. The van der Waals surface area contributed by atoms with E-state index in [9.17, 15) is 0 Å². The van der Waals surface area contributed by atoms with Gasteiger partial charge in [-0.15, -0.1) is 0 Å². The minimum Gasteiger partial charge on any atom is -0.308 e. The van der Waals surface area contributed by atoms with Crippen molar-refractivity contribution in [3.8, 4) is 0 Å². The SMILES string of the molecule is CCc1ccc(C(CC)NCC2(N(C)C)CCCC2)cc1. The van der Waals surface area contributed by atoms with Gasteiger partial charge in [0.25, 0.3) is 0 Å². The molecule has 1 aliphatic carbocycles. The van der Waals surface area contributed by atoms with Crippen molar-refractivity contribution >= 4 is 0 Å². The van der Waals surface area contributed by atoms with Gasteiger partial charge in [-0.05, 0) is 50.9 Å². The van der Waals surface area contributed by atoms with E-state index in [0.29, 0.717) is 11.6 Å². The molecule has 1 aromatic rings. The Bertz CT molecular complexity index is 416. The molecule has 0 spiro atoms. The number of hydrogen-bond donors (Lipinski definition) is 1. The molecule has 1 N–H and O–H groups in total. The van der Waals surface area contributed by atoms with Crippen molar-refractivity contribution in [2.45, 2.75) is 64.0 Å². The zero-order chi connectivity index (χ0) is 15.3. The Morgan fingerprint density at radius 1 is 1.10 bits per heavy atom. The number of hydrogen-bond acceptors (Lipinski definition) is 2. The lowest BCUT2D eigenvalue weighted by molar-refractivity contribution is 0.148. The standard InChI is InChI=1S/C19H32N2/c1-5-16-9-11-17(12-10-16)18(6-2)20-15-19(21(3)4)13-7-8-14-19/h9-12,18,20H,5-8,13-15H2,1-4H3. The highest BCUT2D eigenvalue weighted by Crippen LogP contribution is 2.34. The van der Waals surface area contributed by atoms with Crippen molar-refractivity contribution in [2.75, 3.05) is 20.6 Å². The first-order chi connectivity index (χ1) is 10.1. The number of aryl methyl sites for hydroxylation is 1. The fraction of sp³-hybridized carbons (Fsp3) is 0.684. The monoisotopic (exact) mass is 288 g/mol. The predicted octanol–water partition coefficient (Wildman–Crippen LogP) is 4.16. The van der Waals surface area contributed by atoms with Crippen LogP contribution < -0.4 is 5.32 Å². The molecule has 118 valence electrons. The Kier molecular flexibility index (Phi) is 5.83. The van der Waals surface area contributed by atoms with Gasteiger partial charge in [0, 0.05) is 18.1 Å². The van der Waals surface area contributed by atoms with Crippen LogP contribution in [0.25, 0.3) is 0 Å². The summed E-state index contributed by atoms with van der Waals surface area (Å²) in [6, 6.07) is 9.63. The zero-order valence-corrected chi connectivity index (χ0v) is 14.3. The van der Waals surface area contributed by atoms with Gasteiger partial charge >= 0.3 is 0 Å². The number of likely N-dealkylation sites (N-methyl/N-ethyl adjacent to an activating group) is 1. The minimum atomic E-state index is 0.372. The van der Waals surface area contributed by atoms with Crippen LogP contribution in [0.4, 0.5) is 0 Å². The van der Waals surface area contributed by atoms with E-state index in [1.165, 1.54) is 36.8 Å². The van der Waals surface area contributed by atoms with E-state index in [1.807, 2.05) is 0 Å². The summed E-state index contributed by atoms with van der Waals surface area (Å²) in [6.45, 7) is 5.60. The molecule has 1 atom stereocenters. The van der Waals surface area contributed by atoms with Crippen LogP contribution in [-0.2, 0) is 6.42 Å². The quantitative estimate of drug-likeness (QED) is 0.810. The van der Waals surface area contributed by atoms with Gasteiger partial charge in [-0.1, -0.05) is 51.0 Å². The van der Waals surface area contributed by atoms with Crippen molar-refractivity contribution in [3.63, 3.8) is 0 Å². The summed E-state index contributed by atoms with van der Waals surface area (Å²) in [5.74, 6) is 0. The summed E-state index contributed by atoms with van der Waals surface area (Å²) in [4.78, 5) is 2.44. The third-order valence-corrected chi connectivity index (χ3v) is 5.36. The first-order valence-corrected chi connectivity index (χ1v) is 8.61. The molecule has 21 heavy (non-hydrogen) atoms. The summed E-state index contributed by atoms with van der Waals surface area (Å²) in [6.07, 6.45) is 7.68. The molecule has 0 amide bonds. The highest BCUT2D eigenvalue weighted by Gasteiger charge is 2.35. The number of nitrogens with one attached hydrogen (secondary N) is 1. The molecule has 0 radical (unpaired) electrons. The summed E-state index contributed by atoms with van der Waals surface area (Å²) in [5.41, 5.74) is 3.23. The van der Waals surface area contributed by atoms with E-state index in [4.69, 9.17) is 0 Å². The molecule has 1 unspecified atom stereocenters. The molecule has 2 rings (SSSR count). The van der Waals surface area contributed by atoms with Gasteiger partial charge in [0.2, 0.25) is 0 Å². The van der Waals surface area contributed by atoms with Crippen LogP contribution in [0.1, 0.15) is 63.1 Å². The van der Waals surface area contributed by atoms with Crippen molar-refractivity contribution < 1.29 is 0 Å². The van der Waals surface area contributed by atoms with Gasteiger partial charge in [0.1, 0.15) is 0 Å². The average molecular weight is 288 g/mol. The van der Waals surface area contributed by atoms with Crippen LogP contribution in [0.3, 0.4) is 0 Å². The lowest BCUT2D eigenvalue weighted by Crippen LogP contribution is -2.50. The smallest absolute Gasteiger partial charge is 0.0328 e. The fourth-order valence-electron chi connectivity index (χ4n) is 3.61. The van der Waals surface area contributed by atoms with Crippen molar-refractivity contribution in [2.24, 2.45) is 0 Å². The summed E-state index contributed by atoms with van der Waals surface area (Å²) < 4.78 is 0. The third kappa shape index (κ3) is 3.87. The molecule has 1 aromatic carbocycles. The second kappa shape index (κ2) is 7.42. The van der Waals surface area contributed by atoms with Gasteiger partial charge in [-0.25, -0.2) is 0 Å². The van der Waals surface area contributed by atoms with Crippen LogP contribution in [0.5, 0.6) is 0 Å². The Morgan fingerprint density at radius 3 is 2.19 bits per heavy atom. The summed E-state index contributed by atoms with van der Waals surface area (Å²) in [5, 5.41) is 3.85. The lowest BCUT2D eigenvalue weighted by atomic mass is 9.94. The van der Waals surface area contributed by atoms with E-state index < -0.39 is 0 Å².